The Hall–Kier alpha value is -0.910. The van der Waals surface area contributed by atoms with Crippen LogP contribution < -0.4 is 16.4 Å². The number of thioether (sulfide) groups is 1. The van der Waals surface area contributed by atoms with Crippen LogP contribution in [-0.4, -0.2) is 36.1 Å². The molecular weight excluding hydrogens is 236 g/mol. The second-order valence-corrected chi connectivity index (χ2v) is 5.59. The maximum Gasteiger partial charge on any atom is 0.312 e. The smallest absolute Gasteiger partial charge is 0.312 e. The monoisotopic (exact) mass is 256 g/mol. The quantitative estimate of drug-likeness (QED) is 0.657. The van der Waals surface area contributed by atoms with Crippen molar-refractivity contribution in [1.29, 1.82) is 0 Å². The second kappa shape index (κ2) is 6.14. The molecule has 0 aromatic carbocycles. The zero-order valence-electron chi connectivity index (χ0n) is 9.95. The molecule has 1 saturated heterocycles. The van der Waals surface area contributed by atoms with Crippen LogP contribution in [0.15, 0.2) is 4.99 Å². The lowest BCUT2D eigenvalue weighted by Gasteiger charge is -2.36. The molecule has 0 bridgehead atoms. The number of nitrogens with zero attached hydrogens (tertiary/aromatic N) is 1. The molecule has 0 spiro atoms. The number of urea groups is 1. The highest BCUT2D eigenvalue weighted by Crippen LogP contribution is 2.31. The Labute approximate surface area is 106 Å². The molecule has 0 aromatic heterocycles. The van der Waals surface area contributed by atoms with Crippen molar-refractivity contribution in [2.75, 3.05) is 18.8 Å². The first-order valence-corrected chi connectivity index (χ1v) is 7.21. The summed E-state index contributed by atoms with van der Waals surface area (Å²) in [5, 5.41) is 7.08. The van der Waals surface area contributed by atoms with E-state index in [4.69, 9.17) is 5.73 Å². The van der Waals surface area contributed by atoms with Gasteiger partial charge >= 0.3 is 6.03 Å². The molecule has 1 aliphatic heterocycles. The van der Waals surface area contributed by atoms with E-state index in [1.54, 1.807) is 11.8 Å². The number of carbonyl (C=O) groups is 1. The topological polar surface area (TPSA) is 79.5 Å². The molecule has 2 atom stereocenters. The molecule has 2 aliphatic rings. The Kier molecular flexibility index (Phi) is 4.53. The average Bonchev–Trinajstić information content (AvgIpc) is 2.34. The van der Waals surface area contributed by atoms with Crippen molar-refractivity contribution in [2.45, 2.75) is 31.7 Å². The summed E-state index contributed by atoms with van der Waals surface area (Å²) in [6.07, 6.45) is 5.32. The zero-order chi connectivity index (χ0) is 12.1. The minimum Gasteiger partial charge on any atom is -0.362 e. The summed E-state index contributed by atoms with van der Waals surface area (Å²) in [5.41, 5.74) is 4.98. The number of primary amides is 1. The molecule has 1 aliphatic carbocycles. The van der Waals surface area contributed by atoms with E-state index in [-0.39, 0.29) is 0 Å². The number of aliphatic imine (C=N–C) groups is 1. The van der Waals surface area contributed by atoms with Gasteiger partial charge in [-0.1, -0.05) is 24.6 Å². The molecule has 17 heavy (non-hydrogen) atoms. The van der Waals surface area contributed by atoms with Gasteiger partial charge in [0.25, 0.3) is 0 Å². The third-order valence-corrected chi connectivity index (χ3v) is 4.43. The summed E-state index contributed by atoms with van der Waals surface area (Å²) in [4.78, 5) is 14.9. The van der Waals surface area contributed by atoms with Crippen molar-refractivity contribution in [3.05, 3.63) is 0 Å². The highest BCUT2D eigenvalue weighted by atomic mass is 32.2. The van der Waals surface area contributed by atoms with Gasteiger partial charge in [-0.25, -0.2) is 4.79 Å². The number of fused-ring (bicyclic) bond motifs is 1. The van der Waals surface area contributed by atoms with Crippen LogP contribution in [0.5, 0.6) is 0 Å². The molecule has 1 heterocycles. The van der Waals surface area contributed by atoms with E-state index in [0.29, 0.717) is 19.1 Å². The van der Waals surface area contributed by atoms with Crippen molar-refractivity contribution in [2.24, 2.45) is 16.6 Å². The van der Waals surface area contributed by atoms with E-state index in [1.807, 2.05) is 0 Å². The van der Waals surface area contributed by atoms with Gasteiger partial charge in [-0.05, 0) is 18.8 Å². The van der Waals surface area contributed by atoms with E-state index in [9.17, 15) is 4.79 Å². The Morgan fingerprint density at radius 1 is 1.53 bits per heavy atom. The fraction of sp³-hybridized carbons (Fsp3) is 0.818. The van der Waals surface area contributed by atoms with Crippen LogP contribution in [0, 0.1) is 5.92 Å². The minimum absolute atomic E-state index is 0.484. The van der Waals surface area contributed by atoms with Gasteiger partial charge in [0.15, 0.2) is 5.17 Å². The Balaban J connectivity index is 1.74. The zero-order valence-corrected chi connectivity index (χ0v) is 10.8. The van der Waals surface area contributed by atoms with Crippen LogP contribution in [-0.2, 0) is 0 Å². The van der Waals surface area contributed by atoms with Crippen molar-refractivity contribution < 1.29 is 4.79 Å². The van der Waals surface area contributed by atoms with Gasteiger partial charge in [0.05, 0.1) is 6.54 Å². The van der Waals surface area contributed by atoms with Crippen LogP contribution >= 0.6 is 11.8 Å². The lowest BCUT2D eigenvalue weighted by Crippen LogP contribution is -2.46. The van der Waals surface area contributed by atoms with Crippen LogP contribution in [0.1, 0.15) is 25.7 Å². The van der Waals surface area contributed by atoms with Gasteiger partial charge in [-0.3, -0.25) is 4.99 Å². The molecule has 2 fully saturated rings. The highest BCUT2D eigenvalue weighted by molar-refractivity contribution is 8.13. The van der Waals surface area contributed by atoms with Crippen molar-refractivity contribution >= 4 is 23.0 Å². The molecule has 2 unspecified atom stereocenters. The summed E-state index contributed by atoms with van der Waals surface area (Å²) < 4.78 is 0. The Morgan fingerprint density at radius 2 is 2.35 bits per heavy atom. The van der Waals surface area contributed by atoms with Crippen molar-refractivity contribution in [3.8, 4) is 0 Å². The van der Waals surface area contributed by atoms with Crippen LogP contribution in [0.4, 0.5) is 4.79 Å². The van der Waals surface area contributed by atoms with Gasteiger partial charge in [0.2, 0.25) is 0 Å². The standard InChI is InChI=1S/C11H20N4OS/c12-10(16)13-5-6-14-11-15-9-4-2-1-3-8(9)7-17-11/h8-9H,1-7H2,(H,14,15)(H3,12,13,16). The number of amidine groups is 1. The van der Waals surface area contributed by atoms with E-state index in [1.165, 1.54) is 31.4 Å². The van der Waals surface area contributed by atoms with Gasteiger partial charge in [0, 0.05) is 18.3 Å². The van der Waals surface area contributed by atoms with E-state index in [0.717, 1.165) is 11.1 Å². The summed E-state index contributed by atoms with van der Waals surface area (Å²) in [6.45, 7) is 1.10. The fourth-order valence-electron chi connectivity index (χ4n) is 2.41. The second-order valence-electron chi connectivity index (χ2n) is 4.58. The first-order chi connectivity index (χ1) is 8.25. The fourth-order valence-corrected chi connectivity index (χ4v) is 3.60. The van der Waals surface area contributed by atoms with E-state index >= 15 is 0 Å². The maximum absolute atomic E-state index is 10.5. The predicted molar refractivity (Wildman–Crippen MR) is 71.2 cm³/mol. The van der Waals surface area contributed by atoms with Crippen LogP contribution in [0.2, 0.25) is 0 Å². The van der Waals surface area contributed by atoms with Gasteiger partial charge in [-0.15, -0.1) is 0 Å². The average molecular weight is 256 g/mol. The molecule has 2 amide bonds. The number of nitrogens with two attached hydrogens (primary N) is 1. The summed E-state index contributed by atoms with van der Waals surface area (Å²) in [5.74, 6) is 2.00. The molecule has 5 nitrogen and oxygen atoms in total. The number of rotatable bonds is 3. The maximum atomic E-state index is 10.5. The summed E-state index contributed by atoms with van der Waals surface area (Å²) in [7, 11) is 0. The van der Waals surface area contributed by atoms with E-state index in [2.05, 4.69) is 15.6 Å². The molecule has 0 aromatic rings. The lowest BCUT2D eigenvalue weighted by molar-refractivity contribution is 0.249. The normalized spacial score (nSPS) is 30.5. The third kappa shape index (κ3) is 3.80. The number of hydrogen-bond donors (Lipinski definition) is 3. The number of carbonyl (C=O) groups excluding carboxylic acids is 1. The molecule has 0 radical (unpaired) electrons. The van der Waals surface area contributed by atoms with Crippen LogP contribution in [0.25, 0.3) is 0 Å². The molecule has 2 rings (SSSR count). The van der Waals surface area contributed by atoms with E-state index < -0.39 is 6.03 Å². The first-order valence-electron chi connectivity index (χ1n) is 6.23. The van der Waals surface area contributed by atoms with Crippen molar-refractivity contribution in [3.63, 3.8) is 0 Å². The minimum atomic E-state index is -0.484. The predicted octanol–water partition coefficient (Wildman–Crippen LogP) is 0.906. The Bertz CT molecular complexity index is 308. The van der Waals surface area contributed by atoms with Gasteiger partial charge < -0.3 is 16.4 Å². The molecule has 1 saturated carbocycles. The first kappa shape index (κ1) is 12.5. The molecule has 96 valence electrons. The summed E-state index contributed by atoms with van der Waals surface area (Å²) in [6, 6.07) is 0.134. The Morgan fingerprint density at radius 3 is 3.18 bits per heavy atom. The number of nitrogens with one attached hydrogen (secondary N) is 2. The largest absolute Gasteiger partial charge is 0.362 e. The third-order valence-electron chi connectivity index (χ3n) is 3.32. The summed E-state index contributed by atoms with van der Waals surface area (Å²) >= 11 is 1.80. The lowest BCUT2D eigenvalue weighted by atomic mass is 9.86. The van der Waals surface area contributed by atoms with Gasteiger partial charge in [0.1, 0.15) is 0 Å². The number of amides is 2. The van der Waals surface area contributed by atoms with Crippen molar-refractivity contribution in [1.82, 2.24) is 10.6 Å². The molecule has 4 N–H and O–H groups in total. The SMILES string of the molecule is NC(=O)NCCN=C1NC2CCCCC2CS1. The molecular formula is C11H20N4OS. The highest BCUT2D eigenvalue weighted by Gasteiger charge is 2.29. The van der Waals surface area contributed by atoms with Gasteiger partial charge in [-0.2, -0.15) is 0 Å². The van der Waals surface area contributed by atoms with Crippen LogP contribution in [0.3, 0.4) is 0 Å². The number of hydrogen-bond acceptors (Lipinski definition) is 3. The molecule has 6 heteroatoms.